The first kappa shape index (κ1) is 18.0. The molecule has 25 heavy (non-hydrogen) atoms. The molecule has 1 aliphatic rings. The Morgan fingerprint density at radius 2 is 1.76 bits per heavy atom. The Bertz CT molecular complexity index is 723. The van der Waals surface area contributed by atoms with E-state index in [2.05, 4.69) is 16.0 Å². The molecule has 0 bridgehead atoms. The Morgan fingerprint density at radius 3 is 2.40 bits per heavy atom. The van der Waals surface area contributed by atoms with Crippen molar-refractivity contribution in [3.05, 3.63) is 59.4 Å². The molecule has 1 aliphatic carbocycles. The highest BCUT2D eigenvalue weighted by Gasteiger charge is 2.19. The summed E-state index contributed by atoms with van der Waals surface area (Å²) in [6.07, 6.45) is 12.6. The van der Waals surface area contributed by atoms with Gasteiger partial charge in [-0.05, 0) is 74.1 Å². The van der Waals surface area contributed by atoms with Crippen molar-refractivity contribution in [2.24, 2.45) is 11.8 Å². The van der Waals surface area contributed by atoms with Crippen molar-refractivity contribution >= 4 is 11.6 Å². The molecule has 0 atom stereocenters. The summed E-state index contributed by atoms with van der Waals surface area (Å²) in [5.41, 5.74) is 3.20. The number of hydrogen-bond acceptors (Lipinski definition) is 2. The highest BCUT2D eigenvalue weighted by molar-refractivity contribution is 6.25. The van der Waals surface area contributed by atoms with E-state index < -0.39 is 11.6 Å². The molecule has 1 saturated carbocycles. The van der Waals surface area contributed by atoms with Gasteiger partial charge in [-0.15, -0.1) is 0 Å². The highest BCUT2D eigenvalue weighted by atomic mass is 35.5. The van der Waals surface area contributed by atoms with Gasteiger partial charge in [-0.2, -0.15) is 0 Å². The van der Waals surface area contributed by atoms with Crippen LogP contribution < -0.4 is 0 Å². The van der Waals surface area contributed by atoms with Crippen LogP contribution in [0.15, 0.2) is 42.2 Å². The van der Waals surface area contributed by atoms with Gasteiger partial charge in [0.2, 0.25) is 0 Å². The summed E-state index contributed by atoms with van der Waals surface area (Å²) < 4.78 is 26.3. The fourth-order valence-electron chi connectivity index (χ4n) is 3.41. The largest absolute Gasteiger partial charge is 0.236 e. The maximum Gasteiger partial charge on any atom is 0.159 e. The Hall–Kier alpha value is -1.81. The average Bonchev–Trinajstić information content (AvgIpc) is 2.64. The molecule has 2 nitrogen and oxygen atoms in total. The first-order valence-corrected chi connectivity index (χ1v) is 9.12. The number of benzene rings is 1. The SMILES string of the molecule is Fc1ccc(-c2ncc(CC[C@H]3CC[C@H](/C=C/Cl)CC3)cn2)cc1F. The predicted octanol–water partition coefficient (Wildman–Crippen LogP) is 5.91. The van der Waals surface area contributed by atoms with E-state index in [1.54, 1.807) is 17.9 Å². The standard InChI is InChI=1S/C20H21ClF2N2/c21-10-9-15-3-1-14(2-4-15)5-6-16-12-24-20(25-13-16)17-7-8-18(22)19(23)11-17/h7-15H,1-6H2/b10-9+/t14-,15-. The third-order valence-corrected chi connectivity index (χ3v) is 5.11. The molecular formula is C20H21ClF2N2. The molecule has 5 heteroatoms. The van der Waals surface area contributed by atoms with Crippen LogP contribution in [0.4, 0.5) is 8.78 Å². The zero-order valence-electron chi connectivity index (χ0n) is 14.0. The van der Waals surface area contributed by atoms with Crippen molar-refractivity contribution in [2.75, 3.05) is 0 Å². The number of aromatic nitrogens is 2. The van der Waals surface area contributed by atoms with E-state index in [9.17, 15) is 8.78 Å². The fraction of sp³-hybridized carbons (Fsp3) is 0.400. The van der Waals surface area contributed by atoms with Crippen LogP contribution in [0.3, 0.4) is 0 Å². The van der Waals surface area contributed by atoms with E-state index in [-0.39, 0.29) is 0 Å². The van der Waals surface area contributed by atoms with Gasteiger partial charge in [-0.3, -0.25) is 0 Å². The minimum Gasteiger partial charge on any atom is -0.236 e. The summed E-state index contributed by atoms with van der Waals surface area (Å²) in [4.78, 5) is 8.59. The smallest absolute Gasteiger partial charge is 0.159 e. The lowest BCUT2D eigenvalue weighted by Gasteiger charge is -2.26. The maximum absolute atomic E-state index is 13.3. The molecule has 3 rings (SSSR count). The number of halogens is 3. The molecule has 0 spiro atoms. The van der Waals surface area contributed by atoms with E-state index in [1.807, 2.05) is 0 Å². The van der Waals surface area contributed by atoms with E-state index in [1.165, 1.54) is 31.7 Å². The summed E-state index contributed by atoms with van der Waals surface area (Å²) in [5.74, 6) is 0.0377. The maximum atomic E-state index is 13.3. The van der Waals surface area contributed by atoms with Gasteiger partial charge in [0.05, 0.1) is 0 Å². The van der Waals surface area contributed by atoms with Crippen molar-refractivity contribution < 1.29 is 8.78 Å². The molecule has 0 unspecified atom stereocenters. The molecule has 0 aliphatic heterocycles. The first-order chi connectivity index (χ1) is 12.2. The lowest BCUT2D eigenvalue weighted by Crippen LogP contribution is -2.13. The van der Waals surface area contributed by atoms with Gasteiger partial charge in [0.15, 0.2) is 17.5 Å². The van der Waals surface area contributed by atoms with E-state index >= 15 is 0 Å². The number of rotatable bonds is 5. The minimum atomic E-state index is -0.884. The predicted molar refractivity (Wildman–Crippen MR) is 96.1 cm³/mol. The van der Waals surface area contributed by atoms with Gasteiger partial charge in [0.1, 0.15) is 0 Å². The lowest BCUT2D eigenvalue weighted by molar-refractivity contribution is 0.296. The normalized spacial score (nSPS) is 20.9. The number of nitrogens with zero attached hydrogens (tertiary/aromatic N) is 2. The van der Waals surface area contributed by atoms with Crippen molar-refractivity contribution in [1.29, 1.82) is 0 Å². The average molecular weight is 363 g/mol. The quantitative estimate of drug-likeness (QED) is 0.660. The Labute approximate surface area is 152 Å². The molecule has 1 aromatic carbocycles. The Morgan fingerprint density at radius 1 is 1.04 bits per heavy atom. The molecule has 0 N–H and O–H groups in total. The van der Waals surface area contributed by atoms with Crippen LogP contribution in [0.25, 0.3) is 11.4 Å². The van der Waals surface area contributed by atoms with Crippen molar-refractivity contribution in [2.45, 2.75) is 38.5 Å². The number of aryl methyl sites for hydroxylation is 1. The molecule has 2 aromatic rings. The second-order valence-corrected chi connectivity index (χ2v) is 6.93. The van der Waals surface area contributed by atoms with Gasteiger partial charge >= 0.3 is 0 Å². The highest BCUT2D eigenvalue weighted by Crippen LogP contribution is 2.32. The fourth-order valence-corrected chi connectivity index (χ4v) is 3.62. The molecule has 1 fully saturated rings. The van der Waals surface area contributed by atoms with Crippen LogP contribution in [0, 0.1) is 23.5 Å². The van der Waals surface area contributed by atoms with Crippen LogP contribution in [0.5, 0.6) is 0 Å². The van der Waals surface area contributed by atoms with Crippen molar-refractivity contribution in [3.8, 4) is 11.4 Å². The molecular weight excluding hydrogens is 342 g/mol. The van der Waals surface area contributed by atoms with Gasteiger partial charge in [0.25, 0.3) is 0 Å². The molecule has 0 saturated heterocycles. The van der Waals surface area contributed by atoms with Gasteiger partial charge in [-0.25, -0.2) is 18.7 Å². The molecule has 0 amide bonds. The molecule has 1 heterocycles. The Kier molecular flexibility index (Phi) is 6.14. The summed E-state index contributed by atoms with van der Waals surface area (Å²) in [7, 11) is 0. The topological polar surface area (TPSA) is 25.8 Å². The third kappa shape index (κ3) is 4.85. The second-order valence-electron chi connectivity index (χ2n) is 6.68. The van der Waals surface area contributed by atoms with Gasteiger partial charge in [0, 0.05) is 23.5 Å². The lowest BCUT2D eigenvalue weighted by atomic mass is 9.80. The van der Waals surface area contributed by atoms with Crippen LogP contribution in [0.2, 0.25) is 0 Å². The Balaban J connectivity index is 1.54. The van der Waals surface area contributed by atoms with Crippen LogP contribution in [-0.2, 0) is 6.42 Å². The van der Waals surface area contributed by atoms with Crippen molar-refractivity contribution in [3.63, 3.8) is 0 Å². The summed E-state index contributed by atoms with van der Waals surface area (Å²) in [6, 6.07) is 3.71. The zero-order chi connectivity index (χ0) is 17.6. The van der Waals surface area contributed by atoms with Crippen LogP contribution >= 0.6 is 11.6 Å². The summed E-state index contributed by atoms with van der Waals surface area (Å²) >= 11 is 5.65. The second kappa shape index (κ2) is 8.52. The number of allylic oxidation sites excluding steroid dienone is 1. The van der Waals surface area contributed by atoms with Crippen LogP contribution in [-0.4, -0.2) is 9.97 Å². The minimum absolute atomic E-state index is 0.413. The van der Waals surface area contributed by atoms with E-state index in [0.717, 1.165) is 36.5 Å². The monoisotopic (exact) mass is 362 g/mol. The van der Waals surface area contributed by atoms with Gasteiger partial charge in [-0.1, -0.05) is 17.7 Å². The van der Waals surface area contributed by atoms with E-state index in [0.29, 0.717) is 17.3 Å². The van der Waals surface area contributed by atoms with Gasteiger partial charge < -0.3 is 0 Å². The first-order valence-electron chi connectivity index (χ1n) is 8.69. The summed E-state index contributed by atoms with van der Waals surface area (Å²) in [5, 5.41) is 0. The summed E-state index contributed by atoms with van der Waals surface area (Å²) in [6.45, 7) is 0. The number of hydrogen-bond donors (Lipinski definition) is 0. The van der Waals surface area contributed by atoms with Crippen LogP contribution in [0.1, 0.15) is 37.7 Å². The molecule has 132 valence electrons. The third-order valence-electron chi connectivity index (χ3n) is 4.96. The van der Waals surface area contributed by atoms with E-state index in [4.69, 9.17) is 11.6 Å². The molecule has 0 radical (unpaired) electrons. The molecule has 1 aromatic heterocycles. The zero-order valence-corrected chi connectivity index (χ0v) is 14.7. The van der Waals surface area contributed by atoms with Crippen molar-refractivity contribution in [1.82, 2.24) is 9.97 Å².